The summed E-state index contributed by atoms with van der Waals surface area (Å²) in [6.07, 6.45) is 8.37. The number of piperidine rings is 3. The van der Waals surface area contributed by atoms with Gasteiger partial charge in [0.1, 0.15) is 0 Å². The Morgan fingerprint density at radius 3 is 2.70 bits per heavy atom. The summed E-state index contributed by atoms with van der Waals surface area (Å²) < 4.78 is 0. The van der Waals surface area contributed by atoms with Crippen LogP contribution in [-0.4, -0.2) is 23.3 Å². The Morgan fingerprint density at radius 2 is 1.85 bits per heavy atom. The van der Waals surface area contributed by atoms with Crippen LogP contribution in [0, 0.1) is 11.8 Å². The molecule has 1 aromatic carbocycles. The van der Waals surface area contributed by atoms with Crippen molar-refractivity contribution in [2.45, 2.75) is 38.1 Å². The van der Waals surface area contributed by atoms with E-state index < -0.39 is 0 Å². The highest BCUT2D eigenvalue weighted by molar-refractivity contribution is 6.02. The lowest BCUT2D eigenvalue weighted by atomic mass is 9.66. The van der Waals surface area contributed by atoms with E-state index >= 15 is 0 Å². The average molecular weight is 267 g/mol. The first-order chi connectivity index (χ1) is 9.84. The molecule has 2 bridgehead atoms. The summed E-state index contributed by atoms with van der Waals surface area (Å²) in [5.41, 5.74) is 2.13. The minimum absolute atomic E-state index is 0.306. The number of ketones is 1. The van der Waals surface area contributed by atoms with Crippen LogP contribution in [0.2, 0.25) is 0 Å². The Balaban J connectivity index is 1.71. The van der Waals surface area contributed by atoms with Gasteiger partial charge in [-0.3, -0.25) is 4.79 Å². The number of Topliss-reactive ketones (excluding diaryl/α,β-unsaturated/α-hetero) is 1. The zero-order valence-electron chi connectivity index (χ0n) is 11.8. The summed E-state index contributed by atoms with van der Waals surface area (Å²) in [5.74, 6) is 1.35. The van der Waals surface area contributed by atoms with Gasteiger partial charge in [-0.2, -0.15) is 0 Å². The monoisotopic (exact) mass is 267 g/mol. The fraction of sp³-hybridized carbons (Fsp3) is 0.500. The number of fused-ring (bicyclic) bond motifs is 2. The number of benzene rings is 1. The summed E-state index contributed by atoms with van der Waals surface area (Å²) in [4.78, 5) is 15.2. The van der Waals surface area contributed by atoms with Crippen molar-refractivity contribution < 1.29 is 4.79 Å². The number of nitrogens with zero attached hydrogens (tertiary/aromatic N) is 1. The number of hydrogen-bond acceptors (Lipinski definition) is 2. The van der Waals surface area contributed by atoms with Crippen LogP contribution < -0.4 is 0 Å². The topological polar surface area (TPSA) is 20.3 Å². The van der Waals surface area contributed by atoms with E-state index in [0.717, 1.165) is 24.2 Å². The zero-order chi connectivity index (χ0) is 13.5. The van der Waals surface area contributed by atoms with Gasteiger partial charge in [-0.1, -0.05) is 43.2 Å². The third-order valence-electron chi connectivity index (χ3n) is 5.38. The molecule has 104 valence electrons. The number of rotatable bonds is 1. The van der Waals surface area contributed by atoms with Gasteiger partial charge in [-0.25, -0.2) is 0 Å². The second-order valence-corrected chi connectivity index (χ2v) is 6.41. The summed E-state index contributed by atoms with van der Waals surface area (Å²) in [7, 11) is 0. The van der Waals surface area contributed by atoms with Crippen molar-refractivity contribution in [3.63, 3.8) is 0 Å². The third kappa shape index (κ3) is 1.81. The molecule has 1 aromatic rings. The number of carbonyl (C=O) groups excluding carboxylic acids is 1. The maximum absolute atomic E-state index is 12.7. The molecule has 4 fully saturated rings. The van der Waals surface area contributed by atoms with E-state index in [0.29, 0.717) is 23.7 Å². The van der Waals surface area contributed by atoms with Crippen LogP contribution >= 0.6 is 0 Å². The summed E-state index contributed by atoms with van der Waals surface area (Å²) >= 11 is 0. The van der Waals surface area contributed by atoms with Crippen LogP contribution in [0.4, 0.5) is 0 Å². The minimum atomic E-state index is 0.306. The van der Waals surface area contributed by atoms with Gasteiger partial charge in [0.2, 0.25) is 0 Å². The van der Waals surface area contributed by atoms with E-state index in [-0.39, 0.29) is 0 Å². The molecular formula is C18H21NO. The Bertz CT molecular complexity index is 548. The normalized spacial score (nSPS) is 34.4. The molecule has 0 radical (unpaired) electrons. The average Bonchev–Trinajstić information content (AvgIpc) is 2.52. The molecular weight excluding hydrogens is 246 g/mol. The van der Waals surface area contributed by atoms with E-state index in [4.69, 9.17) is 0 Å². The van der Waals surface area contributed by atoms with E-state index in [1.54, 1.807) is 0 Å². The van der Waals surface area contributed by atoms with Crippen molar-refractivity contribution in [2.24, 2.45) is 11.8 Å². The van der Waals surface area contributed by atoms with Crippen molar-refractivity contribution in [1.29, 1.82) is 0 Å². The highest BCUT2D eigenvalue weighted by atomic mass is 16.1. The SMILES string of the molecule is O=C1C(=Cc2ccccc2)N2CCC1C1CCCCC12. The first-order valence-electron chi connectivity index (χ1n) is 7.92. The Hall–Kier alpha value is -1.57. The Kier molecular flexibility index (Phi) is 2.90. The molecule has 0 amide bonds. The predicted octanol–water partition coefficient (Wildman–Crippen LogP) is 3.49. The molecule has 0 spiro atoms. The van der Waals surface area contributed by atoms with Crippen LogP contribution in [0.1, 0.15) is 37.7 Å². The van der Waals surface area contributed by atoms with Crippen molar-refractivity contribution >= 4 is 11.9 Å². The van der Waals surface area contributed by atoms with Crippen LogP contribution in [0.5, 0.6) is 0 Å². The quantitative estimate of drug-likeness (QED) is 0.726. The number of carbonyl (C=O) groups is 1. The number of allylic oxidation sites excluding steroid dienone is 1. The lowest BCUT2D eigenvalue weighted by Gasteiger charge is -2.54. The molecule has 3 heterocycles. The smallest absolute Gasteiger partial charge is 0.182 e. The highest BCUT2D eigenvalue weighted by Gasteiger charge is 2.49. The van der Waals surface area contributed by atoms with Crippen molar-refractivity contribution in [2.75, 3.05) is 6.54 Å². The molecule has 2 nitrogen and oxygen atoms in total. The molecule has 20 heavy (non-hydrogen) atoms. The standard InChI is InChI=1S/C18H21NO/c20-18-15-10-11-19(16-9-5-4-8-14(15)16)17(18)12-13-6-2-1-3-7-13/h1-3,6-7,12,14-16H,4-5,8-11H2. The Labute approximate surface area is 120 Å². The molecule has 0 N–H and O–H groups in total. The fourth-order valence-corrected chi connectivity index (χ4v) is 4.47. The lowest BCUT2D eigenvalue weighted by molar-refractivity contribution is -0.133. The maximum Gasteiger partial charge on any atom is 0.182 e. The lowest BCUT2D eigenvalue weighted by Crippen LogP contribution is -2.58. The molecule has 0 aromatic heterocycles. The maximum atomic E-state index is 12.7. The van der Waals surface area contributed by atoms with E-state index in [9.17, 15) is 4.79 Å². The zero-order valence-corrected chi connectivity index (χ0v) is 11.8. The summed E-state index contributed by atoms with van der Waals surface area (Å²) in [5, 5.41) is 0. The van der Waals surface area contributed by atoms with E-state index in [2.05, 4.69) is 23.1 Å². The second-order valence-electron chi connectivity index (χ2n) is 6.41. The molecule has 5 rings (SSSR count). The fourth-order valence-electron chi connectivity index (χ4n) is 4.47. The van der Waals surface area contributed by atoms with Crippen molar-refractivity contribution in [1.82, 2.24) is 4.90 Å². The first-order valence-corrected chi connectivity index (χ1v) is 7.92. The van der Waals surface area contributed by atoms with Gasteiger partial charge in [-0.15, -0.1) is 0 Å². The first kappa shape index (κ1) is 12.2. The van der Waals surface area contributed by atoms with Gasteiger partial charge in [0.25, 0.3) is 0 Å². The minimum Gasteiger partial charge on any atom is -0.365 e. The van der Waals surface area contributed by atoms with Gasteiger partial charge in [0.15, 0.2) is 5.78 Å². The summed E-state index contributed by atoms with van der Waals surface area (Å²) in [6, 6.07) is 10.9. The third-order valence-corrected chi connectivity index (χ3v) is 5.38. The molecule has 3 atom stereocenters. The van der Waals surface area contributed by atoms with Gasteiger partial charge in [0, 0.05) is 18.5 Å². The van der Waals surface area contributed by atoms with E-state index in [1.165, 1.54) is 25.7 Å². The van der Waals surface area contributed by atoms with Gasteiger partial charge in [0.05, 0.1) is 5.70 Å². The van der Waals surface area contributed by atoms with Gasteiger partial charge >= 0.3 is 0 Å². The van der Waals surface area contributed by atoms with Crippen molar-refractivity contribution in [3.8, 4) is 0 Å². The van der Waals surface area contributed by atoms with Gasteiger partial charge < -0.3 is 4.90 Å². The molecule has 3 unspecified atom stereocenters. The largest absolute Gasteiger partial charge is 0.365 e. The molecule has 3 aliphatic heterocycles. The highest BCUT2D eigenvalue weighted by Crippen LogP contribution is 2.46. The van der Waals surface area contributed by atoms with Crippen LogP contribution in [0.3, 0.4) is 0 Å². The molecule has 3 saturated heterocycles. The molecule has 1 saturated carbocycles. The summed E-state index contributed by atoms with van der Waals surface area (Å²) in [6.45, 7) is 1.08. The second kappa shape index (κ2) is 4.76. The predicted molar refractivity (Wildman–Crippen MR) is 80.0 cm³/mol. The van der Waals surface area contributed by atoms with Crippen LogP contribution in [0.25, 0.3) is 6.08 Å². The van der Waals surface area contributed by atoms with Crippen LogP contribution in [0.15, 0.2) is 36.0 Å². The molecule has 2 heteroatoms. The molecule has 1 aliphatic carbocycles. The van der Waals surface area contributed by atoms with Crippen molar-refractivity contribution in [3.05, 3.63) is 41.6 Å². The van der Waals surface area contributed by atoms with Gasteiger partial charge in [-0.05, 0) is 36.8 Å². The van der Waals surface area contributed by atoms with E-state index in [1.807, 2.05) is 18.2 Å². The molecule has 4 aliphatic rings. The van der Waals surface area contributed by atoms with Crippen LogP contribution in [-0.2, 0) is 4.79 Å². The number of hydrogen-bond donors (Lipinski definition) is 0. The Morgan fingerprint density at radius 1 is 1.05 bits per heavy atom.